The number of carbonyl (C=O) groups is 2. The molecule has 28 heavy (non-hydrogen) atoms. The Labute approximate surface area is 165 Å². The van der Waals surface area contributed by atoms with Gasteiger partial charge in [0.2, 0.25) is 0 Å². The fraction of sp³-hybridized carbons (Fsp3) is 0.333. The molecular formula is C18H21FN4O4S. The second kappa shape index (κ2) is 9.79. The lowest BCUT2D eigenvalue weighted by atomic mass is 10.2. The third-order valence-electron chi connectivity index (χ3n) is 3.55. The van der Waals surface area contributed by atoms with Crippen molar-refractivity contribution in [1.82, 2.24) is 9.80 Å². The summed E-state index contributed by atoms with van der Waals surface area (Å²) >= 11 is 1.09. The Morgan fingerprint density at radius 2 is 2.00 bits per heavy atom. The van der Waals surface area contributed by atoms with Crippen LogP contribution in [-0.2, 0) is 9.53 Å². The van der Waals surface area contributed by atoms with E-state index < -0.39 is 23.9 Å². The van der Waals surface area contributed by atoms with E-state index in [1.54, 1.807) is 27.7 Å². The normalized spacial score (nSPS) is 12.2. The van der Waals surface area contributed by atoms with Crippen LogP contribution < -0.4 is 15.5 Å². The summed E-state index contributed by atoms with van der Waals surface area (Å²) in [6.07, 6.45) is -1.44. The lowest BCUT2D eigenvalue weighted by Crippen LogP contribution is -2.34. The van der Waals surface area contributed by atoms with Crippen LogP contribution in [0.15, 0.2) is 29.4 Å². The molecule has 1 aromatic heterocycles. The number of rotatable bonds is 7. The van der Waals surface area contributed by atoms with Crippen LogP contribution in [0.25, 0.3) is 0 Å². The Morgan fingerprint density at radius 1 is 1.32 bits per heavy atom. The number of benzene rings is 1. The molecule has 150 valence electrons. The van der Waals surface area contributed by atoms with Gasteiger partial charge in [0.15, 0.2) is 6.10 Å². The van der Waals surface area contributed by atoms with E-state index in [4.69, 9.17) is 9.47 Å². The maximum absolute atomic E-state index is 12.9. The smallest absolute Gasteiger partial charge is 0.412 e. The lowest BCUT2D eigenvalue weighted by Gasteiger charge is -2.13. The Hall–Kier alpha value is -3.01. The van der Waals surface area contributed by atoms with Crippen LogP contribution in [0.5, 0.6) is 5.75 Å². The van der Waals surface area contributed by atoms with Crippen LogP contribution in [0.1, 0.15) is 32.0 Å². The van der Waals surface area contributed by atoms with Crippen LogP contribution in [0.4, 0.5) is 14.2 Å². The molecule has 1 aromatic carbocycles. The summed E-state index contributed by atoms with van der Waals surface area (Å²) in [4.78, 5) is 23.8. The molecule has 2 aromatic rings. The van der Waals surface area contributed by atoms with E-state index in [2.05, 4.69) is 20.2 Å². The third-order valence-corrected chi connectivity index (χ3v) is 4.40. The zero-order chi connectivity index (χ0) is 20.7. The van der Waals surface area contributed by atoms with Gasteiger partial charge >= 0.3 is 6.09 Å². The standard InChI is InChI=1S/C18H21FN4O4S/c1-5-26-18(25)20-17-15(11(3)23-28-17)10(2)21-22-16(24)12(4)27-14-8-6-13(19)7-9-14/h6-9,12H,5H2,1-4H3,(H,20,25)(H,22,24)/b21-10+/t12-/m1/s1. The number of nitrogens with zero attached hydrogens (tertiary/aromatic N) is 2. The van der Waals surface area contributed by atoms with Crippen LogP contribution in [0.2, 0.25) is 0 Å². The van der Waals surface area contributed by atoms with Gasteiger partial charge in [-0.05, 0) is 63.5 Å². The highest BCUT2D eigenvalue weighted by Gasteiger charge is 2.18. The third kappa shape index (κ3) is 5.74. The molecule has 1 heterocycles. The van der Waals surface area contributed by atoms with Crippen molar-refractivity contribution in [2.24, 2.45) is 5.10 Å². The van der Waals surface area contributed by atoms with Crippen molar-refractivity contribution in [1.29, 1.82) is 0 Å². The van der Waals surface area contributed by atoms with Crippen molar-refractivity contribution >= 4 is 34.2 Å². The SMILES string of the molecule is CCOC(=O)Nc1snc(C)c1/C(C)=N/NC(=O)[C@@H](C)Oc1ccc(F)cc1. The van der Waals surface area contributed by atoms with Gasteiger partial charge in [-0.2, -0.15) is 9.47 Å². The molecule has 0 spiro atoms. The quantitative estimate of drug-likeness (QED) is 0.540. The van der Waals surface area contributed by atoms with Gasteiger partial charge in [-0.1, -0.05) is 0 Å². The number of halogens is 1. The number of amides is 2. The second-order valence-corrected chi connectivity index (χ2v) is 6.48. The summed E-state index contributed by atoms with van der Waals surface area (Å²) in [6.45, 7) is 6.95. The molecule has 0 saturated heterocycles. The van der Waals surface area contributed by atoms with E-state index in [1.165, 1.54) is 24.3 Å². The molecule has 0 aliphatic carbocycles. The molecule has 2 rings (SSSR count). The molecule has 0 bridgehead atoms. The van der Waals surface area contributed by atoms with Crippen molar-refractivity contribution in [2.75, 3.05) is 11.9 Å². The van der Waals surface area contributed by atoms with Crippen molar-refractivity contribution in [3.8, 4) is 5.75 Å². The fourth-order valence-corrected chi connectivity index (χ4v) is 3.03. The molecule has 1 atom stereocenters. The minimum Gasteiger partial charge on any atom is -0.481 e. The first-order chi connectivity index (χ1) is 13.3. The van der Waals surface area contributed by atoms with Crippen molar-refractivity contribution in [2.45, 2.75) is 33.8 Å². The first kappa shape index (κ1) is 21.3. The van der Waals surface area contributed by atoms with Crippen molar-refractivity contribution in [3.05, 3.63) is 41.3 Å². The number of anilines is 1. The van der Waals surface area contributed by atoms with Crippen molar-refractivity contribution in [3.63, 3.8) is 0 Å². The minimum absolute atomic E-state index is 0.244. The van der Waals surface area contributed by atoms with Crippen LogP contribution in [0, 0.1) is 12.7 Å². The molecule has 0 radical (unpaired) electrons. The van der Waals surface area contributed by atoms with E-state index in [0.717, 1.165) is 11.5 Å². The van der Waals surface area contributed by atoms with Gasteiger partial charge in [-0.15, -0.1) is 0 Å². The number of hydrazone groups is 1. The summed E-state index contributed by atoms with van der Waals surface area (Å²) in [6, 6.07) is 5.35. The summed E-state index contributed by atoms with van der Waals surface area (Å²) < 4.78 is 27.4. The maximum atomic E-state index is 12.9. The largest absolute Gasteiger partial charge is 0.481 e. The fourth-order valence-electron chi connectivity index (χ4n) is 2.20. The van der Waals surface area contributed by atoms with Crippen molar-refractivity contribution < 1.29 is 23.5 Å². The molecule has 0 saturated carbocycles. The minimum atomic E-state index is -0.846. The topological polar surface area (TPSA) is 102 Å². The average Bonchev–Trinajstić information content (AvgIpc) is 3.01. The van der Waals surface area contributed by atoms with Gasteiger partial charge in [0.05, 0.1) is 23.6 Å². The highest BCUT2D eigenvalue weighted by atomic mass is 32.1. The van der Waals surface area contributed by atoms with E-state index in [9.17, 15) is 14.0 Å². The number of aryl methyl sites for hydroxylation is 1. The zero-order valence-electron chi connectivity index (χ0n) is 15.9. The van der Waals surface area contributed by atoms with Gasteiger partial charge in [0.25, 0.3) is 5.91 Å². The van der Waals surface area contributed by atoms with Gasteiger partial charge < -0.3 is 9.47 Å². The molecule has 2 amide bonds. The second-order valence-electron chi connectivity index (χ2n) is 5.70. The average molecular weight is 408 g/mol. The van der Waals surface area contributed by atoms with E-state index in [0.29, 0.717) is 27.7 Å². The zero-order valence-corrected chi connectivity index (χ0v) is 16.7. The molecule has 10 heteroatoms. The van der Waals surface area contributed by atoms with E-state index >= 15 is 0 Å². The van der Waals surface area contributed by atoms with E-state index in [1.807, 2.05) is 0 Å². The van der Waals surface area contributed by atoms with Gasteiger partial charge in [0, 0.05) is 0 Å². The summed E-state index contributed by atoms with van der Waals surface area (Å²) in [5.41, 5.74) is 4.13. The number of aromatic nitrogens is 1. The van der Waals surface area contributed by atoms with Gasteiger partial charge in [0.1, 0.15) is 16.6 Å². The molecular weight excluding hydrogens is 387 g/mol. The van der Waals surface area contributed by atoms with Crippen LogP contribution in [0.3, 0.4) is 0 Å². The molecule has 0 aliphatic rings. The Kier molecular flexibility index (Phi) is 7.44. The number of hydrogen-bond acceptors (Lipinski definition) is 7. The predicted octanol–water partition coefficient (Wildman–Crippen LogP) is 3.47. The number of carbonyl (C=O) groups excluding carboxylic acids is 2. The number of ether oxygens (including phenoxy) is 2. The first-order valence-corrected chi connectivity index (χ1v) is 9.26. The highest BCUT2D eigenvalue weighted by molar-refractivity contribution is 7.11. The molecule has 2 N–H and O–H groups in total. The molecule has 0 aliphatic heterocycles. The predicted molar refractivity (Wildman–Crippen MR) is 104 cm³/mol. The van der Waals surface area contributed by atoms with Gasteiger partial charge in [-0.3, -0.25) is 10.1 Å². The Bertz CT molecular complexity index is 867. The number of hydrogen-bond donors (Lipinski definition) is 2. The first-order valence-electron chi connectivity index (χ1n) is 8.48. The van der Waals surface area contributed by atoms with Gasteiger partial charge in [-0.25, -0.2) is 14.6 Å². The Morgan fingerprint density at radius 3 is 2.64 bits per heavy atom. The summed E-state index contributed by atoms with van der Waals surface area (Å²) in [5.74, 6) is -0.510. The lowest BCUT2D eigenvalue weighted by molar-refractivity contribution is -0.127. The monoisotopic (exact) mass is 408 g/mol. The Balaban J connectivity index is 2.03. The summed E-state index contributed by atoms with van der Waals surface area (Å²) in [5, 5.41) is 7.15. The highest BCUT2D eigenvalue weighted by Crippen LogP contribution is 2.25. The molecule has 8 nitrogen and oxygen atoms in total. The molecule has 0 fully saturated rings. The molecule has 0 unspecified atom stereocenters. The number of nitrogens with one attached hydrogen (secondary N) is 2. The summed E-state index contributed by atoms with van der Waals surface area (Å²) in [7, 11) is 0. The maximum Gasteiger partial charge on any atom is 0.412 e. The van der Waals surface area contributed by atoms with Crippen LogP contribution >= 0.6 is 11.5 Å². The van der Waals surface area contributed by atoms with Crippen LogP contribution in [-0.4, -0.2) is 34.8 Å². The van der Waals surface area contributed by atoms with E-state index in [-0.39, 0.29) is 6.61 Å².